The standard InChI is InChI=1S/C19H27NO3.C2H6.H2/c1-4-20-17(3)19-10-8-18(9-11-19)7-5-12-22-13-6-14-23-15-16(2)21;1-2;/h8-11,17,20H,4,6,12-15H2,1-3H3;1-2H3;1H/t17-;;/m1../s1. The number of rotatable bonds is 10. The van der Waals surface area contributed by atoms with E-state index in [1.165, 1.54) is 12.5 Å². The highest BCUT2D eigenvalue weighted by molar-refractivity contribution is 5.76. The normalized spacial score (nSPS) is 10.9. The van der Waals surface area contributed by atoms with E-state index in [1.807, 2.05) is 26.0 Å². The van der Waals surface area contributed by atoms with Crippen LogP contribution in [0.25, 0.3) is 0 Å². The summed E-state index contributed by atoms with van der Waals surface area (Å²) in [5.74, 6) is 6.13. The van der Waals surface area contributed by atoms with E-state index in [-0.39, 0.29) is 13.8 Å². The van der Waals surface area contributed by atoms with Crippen LogP contribution >= 0.6 is 0 Å². The van der Waals surface area contributed by atoms with Crippen molar-refractivity contribution < 1.29 is 15.7 Å². The maximum atomic E-state index is 10.7. The van der Waals surface area contributed by atoms with Crippen LogP contribution in [0.15, 0.2) is 24.3 Å². The average Bonchev–Trinajstić information content (AvgIpc) is 2.62. The Morgan fingerprint density at radius 1 is 1.20 bits per heavy atom. The first kappa shape index (κ1) is 23.3. The molecule has 1 aromatic rings. The molecule has 0 unspecified atom stereocenters. The van der Waals surface area contributed by atoms with Crippen LogP contribution in [0.4, 0.5) is 0 Å². The molecule has 0 aliphatic carbocycles. The second-order valence-electron chi connectivity index (χ2n) is 5.36. The highest BCUT2D eigenvalue weighted by atomic mass is 16.5. The van der Waals surface area contributed by atoms with Crippen LogP contribution < -0.4 is 5.32 Å². The topological polar surface area (TPSA) is 47.6 Å². The molecule has 4 nitrogen and oxygen atoms in total. The van der Waals surface area contributed by atoms with Gasteiger partial charge in [0, 0.05) is 19.6 Å². The van der Waals surface area contributed by atoms with Gasteiger partial charge in [0.25, 0.3) is 0 Å². The largest absolute Gasteiger partial charge is 0.374 e. The fourth-order valence-corrected chi connectivity index (χ4v) is 2.02. The summed E-state index contributed by atoms with van der Waals surface area (Å²) in [6, 6.07) is 8.63. The molecule has 0 aliphatic rings. The monoisotopic (exact) mass is 349 g/mol. The molecule has 0 spiro atoms. The minimum Gasteiger partial charge on any atom is -0.374 e. The maximum Gasteiger partial charge on any atom is 0.155 e. The van der Waals surface area contributed by atoms with Gasteiger partial charge in [-0.1, -0.05) is 44.7 Å². The Bertz CT molecular complexity index is 520. The fraction of sp³-hybridized carbons (Fsp3) is 0.571. The summed E-state index contributed by atoms with van der Waals surface area (Å²) >= 11 is 0. The van der Waals surface area contributed by atoms with E-state index in [4.69, 9.17) is 9.47 Å². The Kier molecular flexibility index (Phi) is 14.8. The van der Waals surface area contributed by atoms with Crippen molar-refractivity contribution in [1.29, 1.82) is 0 Å². The summed E-state index contributed by atoms with van der Waals surface area (Å²) in [7, 11) is 0. The van der Waals surface area contributed by atoms with Gasteiger partial charge in [0.15, 0.2) is 5.78 Å². The van der Waals surface area contributed by atoms with Gasteiger partial charge >= 0.3 is 0 Å². The van der Waals surface area contributed by atoms with Gasteiger partial charge in [0.05, 0.1) is 6.61 Å². The van der Waals surface area contributed by atoms with E-state index >= 15 is 0 Å². The second kappa shape index (κ2) is 15.8. The van der Waals surface area contributed by atoms with Crippen LogP contribution in [-0.2, 0) is 14.3 Å². The number of ketones is 1. The van der Waals surface area contributed by atoms with Gasteiger partial charge in [0.2, 0.25) is 0 Å². The lowest BCUT2D eigenvalue weighted by Crippen LogP contribution is -2.17. The van der Waals surface area contributed by atoms with Crippen LogP contribution in [0.3, 0.4) is 0 Å². The molecule has 142 valence electrons. The molecule has 1 aromatic carbocycles. The molecule has 0 amide bonds. The predicted molar refractivity (Wildman–Crippen MR) is 106 cm³/mol. The van der Waals surface area contributed by atoms with Gasteiger partial charge in [-0.2, -0.15) is 0 Å². The van der Waals surface area contributed by atoms with E-state index in [9.17, 15) is 4.79 Å². The molecule has 0 fully saturated rings. The first-order valence-corrected chi connectivity index (χ1v) is 9.10. The van der Waals surface area contributed by atoms with Gasteiger partial charge < -0.3 is 14.8 Å². The number of carbonyl (C=O) groups excluding carboxylic acids is 1. The van der Waals surface area contributed by atoms with E-state index in [2.05, 4.69) is 43.1 Å². The first-order chi connectivity index (χ1) is 12.1. The Morgan fingerprint density at radius 3 is 2.44 bits per heavy atom. The zero-order chi connectivity index (χ0) is 18.9. The van der Waals surface area contributed by atoms with E-state index < -0.39 is 0 Å². The lowest BCUT2D eigenvalue weighted by Gasteiger charge is -2.12. The molecule has 25 heavy (non-hydrogen) atoms. The first-order valence-electron chi connectivity index (χ1n) is 9.10. The molecule has 0 aromatic heterocycles. The highest BCUT2D eigenvalue weighted by Gasteiger charge is 2.01. The maximum absolute atomic E-state index is 10.7. The van der Waals surface area contributed by atoms with E-state index in [0.29, 0.717) is 25.9 Å². The third kappa shape index (κ3) is 12.4. The third-order valence-electron chi connectivity index (χ3n) is 3.21. The molecular formula is C21H35NO3. The molecule has 0 heterocycles. The van der Waals surface area contributed by atoms with E-state index in [1.54, 1.807) is 0 Å². The highest BCUT2D eigenvalue weighted by Crippen LogP contribution is 2.12. The van der Waals surface area contributed by atoms with E-state index in [0.717, 1.165) is 18.5 Å². The molecule has 1 atom stereocenters. The van der Waals surface area contributed by atoms with Crippen LogP contribution in [0.5, 0.6) is 0 Å². The number of carbonyl (C=O) groups is 1. The molecule has 1 rings (SSSR count). The fourth-order valence-electron chi connectivity index (χ4n) is 2.02. The van der Waals surface area contributed by atoms with Crippen molar-refractivity contribution in [2.75, 3.05) is 33.0 Å². The number of hydrogen-bond donors (Lipinski definition) is 1. The van der Waals surface area contributed by atoms with Crippen molar-refractivity contribution >= 4 is 5.78 Å². The molecule has 0 saturated carbocycles. The zero-order valence-electron chi connectivity index (χ0n) is 16.4. The summed E-state index contributed by atoms with van der Waals surface area (Å²) < 4.78 is 10.6. The van der Waals surface area contributed by atoms with Crippen molar-refractivity contribution in [3.8, 4) is 11.8 Å². The van der Waals surface area contributed by atoms with Gasteiger partial charge in [-0.15, -0.1) is 0 Å². The van der Waals surface area contributed by atoms with Crippen molar-refractivity contribution in [2.45, 2.75) is 47.1 Å². The number of nitrogens with one attached hydrogen (secondary N) is 1. The summed E-state index contributed by atoms with van der Waals surface area (Å²) in [4.78, 5) is 10.7. The number of Topliss-reactive ketones (excluding diaryl/α,β-unsaturated/α-hetero) is 1. The van der Waals surface area contributed by atoms with Gasteiger partial charge in [0.1, 0.15) is 13.2 Å². The summed E-state index contributed by atoms with van der Waals surface area (Å²) in [5, 5.41) is 3.38. The Hall–Kier alpha value is -1.67. The second-order valence-corrected chi connectivity index (χ2v) is 5.36. The number of ether oxygens (including phenoxy) is 2. The summed E-state index contributed by atoms with van der Waals surface area (Å²) in [6.45, 7) is 12.4. The van der Waals surface area contributed by atoms with Crippen LogP contribution in [0.2, 0.25) is 0 Å². The quantitative estimate of drug-likeness (QED) is 0.512. The van der Waals surface area contributed by atoms with Gasteiger partial charge in [-0.05, 0) is 44.5 Å². The van der Waals surface area contributed by atoms with Crippen LogP contribution in [0.1, 0.15) is 59.6 Å². The summed E-state index contributed by atoms with van der Waals surface area (Å²) in [5.41, 5.74) is 2.25. The molecule has 4 heteroatoms. The molecule has 0 aliphatic heterocycles. The molecule has 0 bridgehead atoms. The van der Waals surface area contributed by atoms with Gasteiger partial charge in [-0.25, -0.2) is 0 Å². The molecular weight excluding hydrogens is 314 g/mol. The zero-order valence-corrected chi connectivity index (χ0v) is 16.4. The Balaban J connectivity index is 0. The SMILES string of the molecule is CC.CCN[C@H](C)c1ccc(C#CCOCCCOCC(C)=O)cc1.[HH]. The van der Waals surface area contributed by atoms with Crippen molar-refractivity contribution in [3.63, 3.8) is 0 Å². The average molecular weight is 350 g/mol. The molecule has 1 N–H and O–H groups in total. The minimum atomic E-state index is 0. The van der Waals surface area contributed by atoms with Crippen molar-refractivity contribution in [3.05, 3.63) is 35.4 Å². The number of hydrogen-bond acceptors (Lipinski definition) is 4. The minimum absolute atomic E-state index is 0. The third-order valence-corrected chi connectivity index (χ3v) is 3.21. The van der Waals surface area contributed by atoms with Crippen molar-refractivity contribution in [2.24, 2.45) is 0 Å². The Morgan fingerprint density at radius 2 is 1.84 bits per heavy atom. The van der Waals surface area contributed by atoms with Crippen molar-refractivity contribution in [1.82, 2.24) is 5.32 Å². The predicted octanol–water partition coefficient (Wildman–Crippen LogP) is 3.99. The van der Waals surface area contributed by atoms with Crippen LogP contribution in [-0.4, -0.2) is 38.8 Å². The smallest absolute Gasteiger partial charge is 0.155 e. The van der Waals surface area contributed by atoms with Crippen LogP contribution in [0, 0.1) is 11.8 Å². The Labute approximate surface area is 154 Å². The lowest BCUT2D eigenvalue weighted by molar-refractivity contribution is -0.121. The molecule has 0 radical (unpaired) electrons. The summed E-state index contributed by atoms with van der Waals surface area (Å²) in [6.07, 6.45) is 0.770. The molecule has 0 saturated heterocycles. The lowest BCUT2D eigenvalue weighted by atomic mass is 10.1. The number of benzene rings is 1. The van der Waals surface area contributed by atoms with Gasteiger partial charge in [-0.3, -0.25) is 4.79 Å².